The molecule has 0 bridgehead atoms. The van der Waals surface area contributed by atoms with E-state index in [1.54, 1.807) is 7.11 Å². The Labute approximate surface area is 145 Å². The minimum absolute atomic E-state index is 0. The zero-order chi connectivity index (χ0) is 16.1. The van der Waals surface area contributed by atoms with E-state index >= 15 is 0 Å². The number of halogens is 1. The van der Waals surface area contributed by atoms with Crippen LogP contribution in [0.4, 0.5) is 0 Å². The highest BCUT2D eigenvalue weighted by Gasteiger charge is 2.35. The van der Waals surface area contributed by atoms with Crippen LogP contribution in [0, 0.1) is 11.8 Å². The van der Waals surface area contributed by atoms with Crippen LogP contribution in [-0.4, -0.2) is 31.0 Å². The molecule has 1 unspecified atom stereocenters. The molecule has 0 saturated heterocycles. The van der Waals surface area contributed by atoms with E-state index in [4.69, 9.17) is 10.5 Å². The first kappa shape index (κ1) is 19.8. The number of nitrogens with two attached hydrogens (primary N) is 1. The molecule has 1 amide bonds. The van der Waals surface area contributed by atoms with Gasteiger partial charge in [-0.15, -0.1) is 12.4 Å². The fourth-order valence-electron chi connectivity index (χ4n) is 3.56. The van der Waals surface area contributed by atoms with Crippen molar-refractivity contribution >= 4 is 18.3 Å². The summed E-state index contributed by atoms with van der Waals surface area (Å²) in [6.07, 6.45) is 3.17. The van der Waals surface area contributed by atoms with Crippen LogP contribution < -0.4 is 10.5 Å². The normalized spacial score (nSPS) is 21.4. The lowest BCUT2D eigenvalue weighted by Gasteiger charge is -2.32. The fourth-order valence-corrected chi connectivity index (χ4v) is 3.56. The molecule has 130 valence electrons. The Kier molecular flexibility index (Phi) is 7.86. The second kappa shape index (κ2) is 9.14. The molecule has 1 aliphatic carbocycles. The number of hydrogen-bond donors (Lipinski definition) is 1. The molecule has 1 aliphatic rings. The minimum Gasteiger partial charge on any atom is -0.497 e. The van der Waals surface area contributed by atoms with E-state index in [9.17, 15) is 4.79 Å². The summed E-state index contributed by atoms with van der Waals surface area (Å²) in [7, 11) is 1.66. The van der Waals surface area contributed by atoms with Crippen molar-refractivity contribution in [3.63, 3.8) is 0 Å². The van der Waals surface area contributed by atoms with E-state index in [0.717, 1.165) is 30.6 Å². The van der Waals surface area contributed by atoms with Crippen LogP contribution in [0.25, 0.3) is 0 Å². The molecule has 0 radical (unpaired) electrons. The molecule has 1 aromatic carbocycles. The first-order valence-electron chi connectivity index (χ1n) is 8.26. The summed E-state index contributed by atoms with van der Waals surface area (Å²) in [4.78, 5) is 14.9. The first-order chi connectivity index (χ1) is 10.6. The number of nitrogens with zero attached hydrogens (tertiary/aromatic N) is 1. The number of carbonyl (C=O) groups excluding carboxylic acids is 1. The predicted molar refractivity (Wildman–Crippen MR) is 95.9 cm³/mol. The van der Waals surface area contributed by atoms with Gasteiger partial charge in [-0.2, -0.15) is 0 Å². The second-order valence-electron chi connectivity index (χ2n) is 6.11. The van der Waals surface area contributed by atoms with E-state index in [2.05, 4.69) is 13.0 Å². The molecule has 0 spiro atoms. The van der Waals surface area contributed by atoms with Crippen LogP contribution in [-0.2, 0) is 4.79 Å². The molecule has 2 rings (SSSR count). The van der Waals surface area contributed by atoms with Gasteiger partial charge in [-0.1, -0.05) is 18.6 Å². The van der Waals surface area contributed by atoms with Crippen LogP contribution in [0.15, 0.2) is 24.3 Å². The summed E-state index contributed by atoms with van der Waals surface area (Å²) in [6, 6.07) is 8.01. The van der Waals surface area contributed by atoms with Crippen molar-refractivity contribution in [2.24, 2.45) is 17.6 Å². The Balaban J connectivity index is 0.00000264. The molecule has 1 fully saturated rings. The molecular formula is C18H29ClN2O2. The van der Waals surface area contributed by atoms with Gasteiger partial charge in [0.15, 0.2) is 0 Å². The third-order valence-corrected chi connectivity index (χ3v) is 4.95. The van der Waals surface area contributed by atoms with E-state index in [-0.39, 0.29) is 30.3 Å². The van der Waals surface area contributed by atoms with Gasteiger partial charge in [-0.05, 0) is 56.8 Å². The number of rotatable bonds is 6. The van der Waals surface area contributed by atoms with E-state index in [1.165, 1.54) is 0 Å². The summed E-state index contributed by atoms with van der Waals surface area (Å²) in [6.45, 7) is 5.45. The average Bonchev–Trinajstić information content (AvgIpc) is 3.03. The standard InChI is InChI=1S/C18H28N2O2.ClH/c1-4-20(18(21)17-10-6-8-15(17)12-19)13(2)14-7-5-9-16(11-14)22-3;/h5,7,9,11,13,15,17H,4,6,8,10,12,19H2,1-3H3;1H/t13?,15-,17-;/m1./s1. The number of ether oxygens (including phenoxy) is 1. The fraction of sp³-hybridized carbons (Fsp3) is 0.611. The van der Waals surface area contributed by atoms with Gasteiger partial charge in [0.05, 0.1) is 13.2 Å². The molecule has 1 aromatic rings. The number of methoxy groups -OCH3 is 1. The number of hydrogen-bond acceptors (Lipinski definition) is 3. The topological polar surface area (TPSA) is 55.6 Å². The summed E-state index contributed by atoms with van der Waals surface area (Å²) in [5.41, 5.74) is 6.95. The zero-order valence-corrected chi connectivity index (χ0v) is 15.1. The van der Waals surface area contributed by atoms with Crippen LogP contribution in [0.1, 0.15) is 44.7 Å². The maximum Gasteiger partial charge on any atom is 0.226 e. The van der Waals surface area contributed by atoms with Crippen molar-refractivity contribution in [3.8, 4) is 5.75 Å². The zero-order valence-electron chi connectivity index (χ0n) is 14.3. The molecule has 23 heavy (non-hydrogen) atoms. The van der Waals surface area contributed by atoms with E-state index < -0.39 is 0 Å². The lowest BCUT2D eigenvalue weighted by Crippen LogP contribution is -2.40. The number of benzene rings is 1. The molecule has 0 heterocycles. The van der Waals surface area contributed by atoms with Crippen LogP contribution in [0.2, 0.25) is 0 Å². The molecule has 5 heteroatoms. The Morgan fingerprint density at radius 3 is 2.78 bits per heavy atom. The van der Waals surface area contributed by atoms with Crippen molar-refractivity contribution in [2.45, 2.75) is 39.2 Å². The van der Waals surface area contributed by atoms with Crippen molar-refractivity contribution in [1.29, 1.82) is 0 Å². The molecular weight excluding hydrogens is 312 g/mol. The Bertz CT molecular complexity index is 510. The van der Waals surface area contributed by atoms with Crippen molar-refractivity contribution in [3.05, 3.63) is 29.8 Å². The Morgan fingerprint density at radius 1 is 1.43 bits per heavy atom. The highest BCUT2D eigenvalue weighted by Crippen LogP contribution is 2.34. The van der Waals surface area contributed by atoms with Crippen molar-refractivity contribution in [1.82, 2.24) is 4.90 Å². The third kappa shape index (κ3) is 4.39. The first-order valence-corrected chi connectivity index (χ1v) is 8.26. The lowest BCUT2D eigenvalue weighted by atomic mass is 9.93. The molecule has 3 atom stereocenters. The summed E-state index contributed by atoms with van der Waals surface area (Å²) in [5.74, 6) is 1.52. The molecule has 0 aliphatic heterocycles. The van der Waals surface area contributed by atoms with Gasteiger partial charge in [-0.3, -0.25) is 4.79 Å². The predicted octanol–water partition coefficient (Wildman–Crippen LogP) is 3.40. The Morgan fingerprint density at radius 2 is 2.17 bits per heavy atom. The van der Waals surface area contributed by atoms with Gasteiger partial charge in [0.1, 0.15) is 5.75 Å². The quantitative estimate of drug-likeness (QED) is 0.863. The van der Waals surface area contributed by atoms with Crippen molar-refractivity contribution < 1.29 is 9.53 Å². The van der Waals surface area contributed by atoms with Crippen LogP contribution in [0.3, 0.4) is 0 Å². The summed E-state index contributed by atoms with van der Waals surface area (Å²) < 4.78 is 5.29. The summed E-state index contributed by atoms with van der Waals surface area (Å²) in [5, 5.41) is 0. The molecule has 2 N–H and O–H groups in total. The van der Waals surface area contributed by atoms with Gasteiger partial charge < -0.3 is 15.4 Å². The van der Waals surface area contributed by atoms with E-state index in [0.29, 0.717) is 19.0 Å². The van der Waals surface area contributed by atoms with Gasteiger partial charge >= 0.3 is 0 Å². The smallest absolute Gasteiger partial charge is 0.226 e. The maximum absolute atomic E-state index is 13.0. The molecule has 1 saturated carbocycles. The van der Waals surface area contributed by atoms with Gasteiger partial charge in [0, 0.05) is 12.5 Å². The molecule has 4 nitrogen and oxygen atoms in total. The number of carbonyl (C=O) groups is 1. The van der Waals surface area contributed by atoms with Gasteiger partial charge in [0.2, 0.25) is 5.91 Å². The van der Waals surface area contributed by atoms with Crippen LogP contribution in [0.5, 0.6) is 5.75 Å². The van der Waals surface area contributed by atoms with Crippen molar-refractivity contribution in [2.75, 3.05) is 20.2 Å². The van der Waals surface area contributed by atoms with E-state index in [1.807, 2.05) is 30.0 Å². The minimum atomic E-state index is 0. The number of amides is 1. The average molecular weight is 341 g/mol. The monoisotopic (exact) mass is 340 g/mol. The SMILES string of the molecule is CCN(C(=O)[C@@H]1CCC[C@@H]1CN)C(C)c1cccc(OC)c1.Cl. The molecule has 0 aromatic heterocycles. The highest BCUT2D eigenvalue weighted by molar-refractivity contribution is 5.85. The van der Waals surface area contributed by atoms with Gasteiger partial charge in [-0.25, -0.2) is 0 Å². The Hall–Kier alpha value is -1.26. The third-order valence-electron chi connectivity index (χ3n) is 4.95. The van der Waals surface area contributed by atoms with Gasteiger partial charge in [0.25, 0.3) is 0 Å². The maximum atomic E-state index is 13.0. The highest BCUT2D eigenvalue weighted by atomic mass is 35.5. The largest absolute Gasteiger partial charge is 0.497 e. The lowest BCUT2D eigenvalue weighted by molar-refractivity contribution is -0.138. The summed E-state index contributed by atoms with van der Waals surface area (Å²) >= 11 is 0. The van der Waals surface area contributed by atoms with Crippen LogP contribution >= 0.6 is 12.4 Å². The second-order valence-corrected chi connectivity index (χ2v) is 6.11.